The molecule has 2 aromatic carbocycles. The van der Waals surface area contributed by atoms with Crippen molar-refractivity contribution in [2.75, 3.05) is 31.3 Å². The average molecular weight is 304 g/mol. The van der Waals surface area contributed by atoms with Gasteiger partial charge in [-0.25, -0.2) is 8.42 Å². The molecule has 0 aliphatic heterocycles. The van der Waals surface area contributed by atoms with Crippen molar-refractivity contribution in [1.29, 1.82) is 0 Å². The van der Waals surface area contributed by atoms with Crippen LogP contribution in [0.15, 0.2) is 46.4 Å². The van der Waals surface area contributed by atoms with E-state index in [4.69, 9.17) is 5.53 Å². The van der Waals surface area contributed by atoms with E-state index in [0.717, 1.165) is 11.1 Å². The number of benzene rings is 2. The summed E-state index contributed by atoms with van der Waals surface area (Å²) < 4.78 is 24.8. The van der Waals surface area contributed by atoms with Crippen LogP contribution in [0.25, 0.3) is 21.2 Å². The highest BCUT2D eigenvalue weighted by molar-refractivity contribution is 7.91. The van der Waals surface area contributed by atoms with Gasteiger partial charge in [0, 0.05) is 42.0 Å². The van der Waals surface area contributed by atoms with Gasteiger partial charge in [-0.2, -0.15) is 0 Å². The topological polar surface area (TPSA) is 86.1 Å². The van der Waals surface area contributed by atoms with E-state index in [1.807, 2.05) is 37.2 Å². The summed E-state index contributed by atoms with van der Waals surface area (Å²) in [5.74, 6) is -0.192. The molecule has 6 nitrogen and oxygen atoms in total. The van der Waals surface area contributed by atoms with Crippen LogP contribution in [0.5, 0.6) is 0 Å². The van der Waals surface area contributed by atoms with Crippen molar-refractivity contribution in [3.8, 4) is 0 Å². The third-order valence-corrected chi connectivity index (χ3v) is 4.95. The van der Waals surface area contributed by atoms with E-state index < -0.39 is 9.84 Å². The predicted molar refractivity (Wildman–Crippen MR) is 84.3 cm³/mol. The molecule has 0 amide bonds. The van der Waals surface area contributed by atoms with Crippen molar-refractivity contribution < 1.29 is 8.42 Å². The van der Waals surface area contributed by atoms with Gasteiger partial charge < -0.3 is 4.90 Å². The Kier molecular flexibility index (Phi) is 4.35. The summed E-state index contributed by atoms with van der Waals surface area (Å²) in [5, 5.41) is 4.87. The lowest BCUT2D eigenvalue weighted by Crippen LogP contribution is -2.11. The van der Waals surface area contributed by atoms with Crippen molar-refractivity contribution in [1.82, 2.24) is 0 Å². The van der Waals surface area contributed by atoms with Gasteiger partial charge in [0.15, 0.2) is 9.84 Å². The van der Waals surface area contributed by atoms with Crippen LogP contribution in [0, 0.1) is 0 Å². The van der Waals surface area contributed by atoms with E-state index >= 15 is 0 Å². The molecule has 0 saturated heterocycles. The molecule has 2 aromatic rings. The summed E-state index contributed by atoms with van der Waals surface area (Å²) >= 11 is 0. The fourth-order valence-electron chi connectivity index (χ4n) is 2.24. The summed E-state index contributed by atoms with van der Waals surface area (Å²) in [6.45, 7) is -0.0669. The fraction of sp³-hybridized carbons (Fsp3) is 0.286. The molecule has 0 heterocycles. The molecule has 0 aliphatic carbocycles. The number of anilines is 1. The summed E-state index contributed by atoms with van der Waals surface area (Å²) in [6.07, 6.45) is 0. The Morgan fingerprint density at radius 2 is 1.81 bits per heavy atom. The second-order valence-electron chi connectivity index (χ2n) is 4.80. The van der Waals surface area contributed by atoms with Crippen molar-refractivity contribution in [3.63, 3.8) is 0 Å². The van der Waals surface area contributed by atoms with E-state index in [2.05, 4.69) is 10.0 Å². The van der Waals surface area contributed by atoms with Gasteiger partial charge in [0.25, 0.3) is 0 Å². The van der Waals surface area contributed by atoms with E-state index in [1.54, 1.807) is 18.2 Å². The zero-order valence-corrected chi connectivity index (χ0v) is 12.7. The Bertz CT molecular complexity index is 809. The molecular formula is C14H16N4O2S. The Morgan fingerprint density at radius 1 is 1.14 bits per heavy atom. The van der Waals surface area contributed by atoms with Crippen LogP contribution in [0.1, 0.15) is 0 Å². The smallest absolute Gasteiger partial charge is 0.179 e. The molecule has 0 fully saturated rings. The lowest BCUT2D eigenvalue weighted by atomic mass is 10.1. The molecule has 7 heteroatoms. The highest BCUT2D eigenvalue weighted by atomic mass is 32.2. The van der Waals surface area contributed by atoms with Gasteiger partial charge in [0.2, 0.25) is 0 Å². The third-order valence-electron chi connectivity index (χ3n) is 3.20. The number of azide groups is 1. The second kappa shape index (κ2) is 6.03. The van der Waals surface area contributed by atoms with Crippen molar-refractivity contribution in [3.05, 3.63) is 46.8 Å². The van der Waals surface area contributed by atoms with Crippen LogP contribution < -0.4 is 4.90 Å². The third kappa shape index (κ3) is 3.09. The van der Waals surface area contributed by atoms with Crippen molar-refractivity contribution >= 4 is 26.3 Å². The first kappa shape index (κ1) is 15.2. The highest BCUT2D eigenvalue weighted by Gasteiger charge is 2.17. The highest BCUT2D eigenvalue weighted by Crippen LogP contribution is 2.30. The van der Waals surface area contributed by atoms with Crippen molar-refractivity contribution in [2.24, 2.45) is 5.11 Å². The summed E-state index contributed by atoms with van der Waals surface area (Å²) in [7, 11) is 0.344. The molecule has 0 N–H and O–H groups in total. The largest absolute Gasteiger partial charge is 0.377 e. The lowest BCUT2D eigenvalue weighted by Gasteiger charge is -2.16. The molecule has 0 saturated carbocycles. The number of rotatable bonds is 5. The normalized spacial score (nSPS) is 11.1. The molecule has 0 aromatic heterocycles. The quantitative estimate of drug-likeness (QED) is 0.483. The van der Waals surface area contributed by atoms with Crippen LogP contribution in [-0.2, 0) is 9.84 Å². The molecule has 0 bridgehead atoms. The van der Waals surface area contributed by atoms with Crippen LogP contribution >= 0.6 is 0 Å². The van der Waals surface area contributed by atoms with E-state index in [1.165, 1.54) is 0 Å². The molecule has 110 valence electrons. The monoisotopic (exact) mass is 304 g/mol. The molecule has 0 spiro atoms. The first-order valence-electron chi connectivity index (χ1n) is 6.40. The second-order valence-corrected chi connectivity index (χ2v) is 6.87. The number of sulfone groups is 1. The minimum atomic E-state index is -3.48. The predicted octanol–water partition coefficient (Wildman–Crippen LogP) is 2.99. The molecular weight excluding hydrogens is 288 g/mol. The Labute approximate surface area is 123 Å². The Balaban J connectivity index is 2.60. The zero-order chi connectivity index (χ0) is 15.5. The van der Waals surface area contributed by atoms with E-state index in [9.17, 15) is 8.42 Å². The molecule has 0 aliphatic rings. The van der Waals surface area contributed by atoms with Gasteiger partial charge in [0.1, 0.15) is 0 Å². The molecule has 21 heavy (non-hydrogen) atoms. The van der Waals surface area contributed by atoms with E-state index in [0.29, 0.717) is 5.39 Å². The van der Waals surface area contributed by atoms with Crippen LogP contribution in [0.3, 0.4) is 0 Å². The van der Waals surface area contributed by atoms with E-state index in [-0.39, 0.29) is 17.2 Å². The molecule has 0 unspecified atom stereocenters. The summed E-state index contributed by atoms with van der Waals surface area (Å²) in [6, 6.07) is 10.8. The summed E-state index contributed by atoms with van der Waals surface area (Å²) in [4.78, 5) is 4.80. The number of hydrogen-bond donors (Lipinski definition) is 0. The van der Waals surface area contributed by atoms with Crippen molar-refractivity contribution in [2.45, 2.75) is 4.90 Å². The maximum Gasteiger partial charge on any atom is 0.179 e. The minimum absolute atomic E-state index is 0.0669. The number of nitrogens with zero attached hydrogens (tertiary/aromatic N) is 4. The number of fused-ring (bicyclic) bond motifs is 1. The molecule has 2 rings (SSSR count). The van der Waals surface area contributed by atoms with Crippen LogP contribution in [0.2, 0.25) is 0 Å². The SMILES string of the molecule is CN(C)c1cccc2c(S(=O)(=O)CCN=[N+]=[N-])cccc12. The van der Waals surface area contributed by atoms with Gasteiger partial charge in [0.05, 0.1) is 10.6 Å². The maximum absolute atomic E-state index is 12.4. The average Bonchev–Trinajstić information content (AvgIpc) is 2.46. The molecule has 0 radical (unpaired) electrons. The maximum atomic E-state index is 12.4. The number of hydrogen-bond acceptors (Lipinski definition) is 4. The first-order valence-corrected chi connectivity index (χ1v) is 8.05. The Hall–Kier alpha value is -2.24. The minimum Gasteiger partial charge on any atom is -0.377 e. The van der Waals surface area contributed by atoms with Gasteiger partial charge in [-0.3, -0.25) is 0 Å². The first-order chi connectivity index (χ1) is 9.97. The van der Waals surface area contributed by atoms with Gasteiger partial charge in [-0.05, 0) is 17.7 Å². The van der Waals surface area contributed by atoms with Crippen LogP contribution in [0.4, 0.5) is 5.69 Å². The van der Waals surface area contributed by atoms with Gasteiger partial charge >= 0.3 is 0 Å². The standard InChI is InChI=1S/C14H16N4O2S/c1-18(2)13-7-3-6-12-11(13)5-4-8-14(12)21(19,20)10-9-16-17-15/h3-8H,9-10H2,1-2H3. The lowest BCUT2D eigenvalue weighted by molar-refractivity contribution is 0.596. The van der Waals surface area contributed by atoms with Gasteiger partial charge in [-0.15, -0.1) is 0 Å². The Morgan fingerprint density at radius 3 is 2.48 bits per heavy atom. The summed E-state index contributed by atoms with van der Waals surface area (Å²) in [5.41, 5.74) is 9.22. The fourth-order valence-corrected chi connectivity index (χ4v) is 3.58. The van der Waals surface area contributed by atoms with Gasteiger partial charge in [-0.1, -0.05) is 29.4 Å². The van der Waals surface area contributed by atoms with Crippen LogP contribution in [-0.4, -0.2) is 34.8 Å². The molecule has 0 atom stereocenters. The zero-order valence-electron chi connectivity index (χ0n) is 11.9.